The summed E-state index contributed by atoms with van der Waals surface area (Å²) in [7, 11) is 0. The highest BCUT2D eigenvalue weighted by Crippen LogP contribution is 2.44. The molecule has 1 nitrogen and oxygen atoms in total. The third-order valence-electron chi connectivity index (χ3n) is 3.80. The molecule has 0 amide bonds. The van der Waals surface area contributed by atoms with Crippen molar-refractivity contribution in [2.45, 2.75) is 73.1 Å². The Morgan fingerprint density at radius 3 is 2.07 bits per heavy atom. The summed E-state index contributed by atoms with van der Waals surface area (Å²) < 4.78 is 0. The molecular weight excluding hydrogens is 184 g/mol. The second-order valence-corrected chi connectivity index (χ2v) is 4.87. The fourth-order valence-electron chi connectivity index (χ4n) is 2.75. The monoisotopic (exact) mass is 212 g/mol. The predicted molar refractivity (Wildman–Crippen MR) is 67.0 cm³/mol. The van der Waals surface area contributed by atoms with E-state index in [1.807, 2.05) is 13.8 Å². The molecule has 0 bridgehead atoms. The van der Waals surface area contributed by atoms with E-state index in [-0.39, 0.29) is 0 Å². The van der Waals surface area contributed by atoms with Crippen molar-refractivity contribution in [3.05, 3.63) is 0 Å². The molecule has 90 valence electrons. The molecule has 1 unspecified atom stereocenters. The second kappa shape index (κ2) is 7.03. The largest absolute Gasteiger partial charge is 0.300 e. The Morgan fingerprint density at radius 2 is 1.73 bits per heavy atom. The molecule has 0 heterocycles. The summed E-state index contributed by atoms with van der Waals surface area (Å²) in [5.74, 6) is 1.16. The molecule has 1 saturated carbocycles. The minimum Gasteiger partial charge on any atom is -0.300 e. The summed E-state index contributed by atoms with van der Waals surface area (Å²) >= 11 is 0. The van der Waals surface area contributed by atoms with E-state index >= 15 is 0 Å². The Labute approximate surface area is 95.6 Å². The second-order valence-electron chi connectivity index (χ2n) is 4.87. The average Bonchev–Trinajstić information content (AvgIpc) is 2.73. The first-order chi connectivity index (χ1) is 7.08. The molecule has 1 aliphatic carbocycles. The molecule has 1 aliphatic rings. The Hall–Kier alpha value is -0.330. The molecule has 0 spiro atoms. The van der Waals surface area contributed by atoms with Crippen molar-refractivity contribution in [2.24, 2.45) is 11.3 Å². The van der Waals surface area contributed by atoms with Crippen LogP contribution in [0.3, 0.4) is 0 Å². The van der Waals surface area contributed by atoms with Crippen molar-refractivity contribution in [2.75, 3.05) is 0 Å². The quantitative estimate of drug-likeness (QED) is 0.665. The van der Waals surface area contributed by atoms with E-state index in [9.17, 15) is 4.79 Å². The van der Waals surface area contributed by atoms with E-state index in [2.05, 4.69) is 13.8 Å². The summed E-state index contributed by atoms with van der Waals surface area (Å²) in [6.07, 6.45) is 7.37. The highest BCUT2D eigenvalue weighted by atomic mass is 16.1. The van der Waals surface area contributed by atoms with Gasteiger partial charge in [-0.05, 0) is 31.1 Å². The molecule has 1 heteroatoms. The van der Waals surface area contributed by atoms with Gasteiger partial charge in [0.25, 0.3) is 0 Å². The van der Waals surface area contributed by atoms with Crippen LogP contribution in [0.15, 0.2) is 0 Å². The topological polar surface area (TPSA) is 17.1 Å². The molecule has 0 aromatic rings. The van der Waals surface area contributed by atoms with Gasteiger partial charge in [-0.1, -0.05) is 47.0 Å². The van der Waals surface area contributed by atoms with Gasteiger partial charge in [0.2, 0.25) is 0 Å². The van der Waals surface area contributed by atoms with Gasteiger partial charge >= 0.3 is 0 Å². The molecule has 0 saturated heterocycles. The van der Waals surface area contributed by atoms with Crippen molar-refractivity contribution >= 4 is 5.78 Å². The number of Topliss-reactive ketones (excluding diaryl/α,β-unsaturated/α-hetero) is 1. The Morgan fingerprint density at radius 1 is 1.27 bits per heavy atom. The lowest BCUT2D eigenvalue weighted by Gasteiger charge is -2.34. The molecule has 0 radical (unpaired) electrons. The molecular formula is C14H28O. The standard InChI is InChI=1S/C12H22O.C2H6/c1-4-12(3,9-10(2)13)11-7-5-6-8-11;1-2/h11H,4-9H2,1-3H3;1-2H3. The minimum atomic E-state index is 0.294. The third-order valence-corrected chi connectivity index (χ3v) is 3.80. The highest BCUT2D eigenvalue weighted by molar-refractivity contribution is 5.76. The van der Waals surface area contributed by atoms with Crippen molar-refractivity contribution in [3.63, 3.8) is 0 Å². The zero-order valence-electron chi connectivity index (χ0n) is 11.2. The van der Waals surface area contributed by atoms with Gasteiger partial charge in [-0.2, -0.15) is 0 Å². The third kappa shape index (κ3) is 4.36. The van der Waals surface area contributed by atoms with Crippen LogP contribution in [-0.4, -0.2) is 5.78 Å². The SMILES string of the molecule is CC.CCC(C)(CC(C)=O)C1CCCC1. The normalized spacial score (nSPS) is 20.3. The summed E-state index contributed by atoms with van der Waals surface area (Å²) in [4.78, 5) is 11.2. The van der Waals surface area contributed by atoms with Crippen LogP contribution in [0.25, 0.3) is 0 Å². The molecule has 0 N–H and O–H groups in total. The highest BCUT2D eigenvalue weighted by Gasteiger charge is 2.35. The van der Waals surface area contributed by atoms with Crippen LogP contribution in [0.2, 0.25) is 0 Å². The number of hydrogen-bond donors (Lipinski definition) is 0. The zero-order valence-corrected chi connectivity index (χ0v) is 11.2. The van der Waals surface area contributed by atoms with Crippen LogP contribution < -0.4 is 0 Å². The summed E-state index contributed by atoms with van der Waals surface area (Å²) in [6.45, 7) is 10.2. The van der Waals surface area contributed by atoms with Gasteiger partial charge in [0, 0.05) is 6.42 Å². The summed E-state index contributed by atoms with van der Waals surface area (Å²) in [5, 5.41) is 0. The maximum absolute atomic E-state index is 11.2. The Balaban J connectivity index is 0.000000921. The van der Waals surface area contributed by atoms with E-state index in [4.69, 9.17) is 0 Å². The lowest BCUT2D eigenvalue weighted by Crippen LogP contribution is -2.27. The predicted octanol–water partition coefficient (Wildman–Crippen LogP) is 4.60. The smallest absolute Gasteiger partial charge is 0.130 e. The fourth-order valence-corrected chi connectivity index (χ4v) is 2.75. The number of carbonyl (C=O) groups is 1. The van der Waals surface area contributed by atoms with Crippen molar-refractivity contribution in [3.8, 4) is 0 Å². The van der Waals surface area contributed by atoms with Gasteiger partial charge < -0.3 is 4.79 Å². The Bertz CT molecular complexity index is 180. The van der Waals surface area contributed by atoms with Gasteiger partial charge in [0.05, 0.1) is 0 Å². The molecule has 0 aromatic carbocycles. The van der Waals surface area contributed by atoms with Crippen LogP contribution in [0.5, 0.6) is 0 Å². The summed E-state index contributed by atoms with van der Waals surface area (Å²) in [6, 6.07) is 0. The maximum atomic E-state index is 11.2. The molecule has 15 heavy (non-hydrogen) atoms. The van der Waals surface area contributed by atoms with E-state index in [0.29, 0.717) is 11.2 Å². The average molecular weight is 212 g/mol. The molecule has 0 aromatic heterocycles. The van der Waals surface area contributed by atoms with Gasteiger partial charge in [-0.3, -0.25) is 0 Å². The lowest BCUT2D eigenvalue weighted by molar-refractivity contribution is -0.120. The van der Waals surface area contributed by atoms with E-state index < -0.39 is 0 Å². The van der Waals surface area contributed by atoms with Gasteiger partial charge in [-0.15, -0.1) is 0 Å². The Kier molecular flexibility index (Phi) is 6.87. The minimum absolute atomic E-state index is 0.294. The van der Waals surface area contributed by atoms with Crippen LogP contribution in [0.4, 0.5) is 0 Å². The summed E-state index contributed by atoms with van der Waals surface area (Å²) in [5.41, 5.74) is 0.294. The van der Waals surface area contributed by atoms with E-state index in [0.717, 1.165) is 18.8 Å². The van der Waals surface area contributed by atoms with Gasteiger partial charge in [-0.25, -0.2) is 0 Å². The van der Waals surface area contributed by atoms with E-state index in [1.54, 1.807) is 6.92 Å². The number of rotatable bonds is 4. The lowest BCUT2D eigenvalue weighted by atomic mass is 9.71. The molecule has 1 rings (SSSR count). The first kappa shape index (κ1) is 14.7. The van der Waals surface area contributed by atoms with Crippen LogP contribution in [0.1, 0.15) is 73.1 Å². The first-order valence-electron chi connectivity index (χ1n) is 6.58. The van der Waals surface area contributed by atoms with Crippen LogP contribution >= 0.6 is 0 Å². The van der Waals surface area contributed by atoms with Crippen LogP contribution in [-0.2, 0) is 4.79 Å². The molecule has 1 atom stereocenters. The van der Waals surface area contributed by atoms with Crippen molar-refractivity contribution in [1.29, 1.82) is 0 Å². The van der Waals surface area contributed by atoms with Crippen LogP contribution in [0, 0.1) is 11.3 Å². The van der Waals surface area contributed by atoms with Gasteiger partial charge in [0.15, 0.2) is 0 Å². The molecule has 1 fully saturated rings. The van der Waals surface area contributed by atoms with Crippen molar-refractivity contribution < 1.29 is 4.79 Å². The first-order valence-corrected chi connectivity index (χ1v) is 6.58. The zero-order chi connectivity index (χ0) is 11.9. The molecule has 0 aliphatic heterocycles. The number of ketones is 1. The number of carbonyl (C=O) groups excluding carboxylic acids is 1. The van der Waals surface area contributed by atoms with Gasteiger partial charge in [0.1, 0.15) is 5.78 Å². The fraction of sp³-hybridized carbons (Fsp3) is 0.929. The number of hydrogen-bond acceptors (Lipinski definition) is 1. The van der Waals surface area contributed by atoms with Crippen molar-refractivity contribution in [1.82, 2.24) is 0 Å². The van der Waals surface area contributed by atoms with E-state index in [1.165, 1.54) is 25.7 Å². The maximum Gasteiger partial charge on any atom is 0.130 e.